The Morgan fingerprint density at radius 3 is 2.81 bits per heavy atom. The van der Waals surface area contributed by atoms with Crippen molar-refractivity contribution >= 4 is 31.3 Å². The van der Waals surface area contributed by atoms with Crippen molar-refractivity contribution in [3.63, 3.8) is 0 Å². The summed E-state index contributed by atoms with van der Waals surface area (Å²) in [7, 11) is -3.04. The molecule has 16 heavy (non-hydrogen) atoms. The van der Waals surface area contributed by atoms with Crippen LogP contribution in [0.4, 0.5) is 0 Å². The summed E-state index contributed by atoms with van der Waals surface area (Å²) < 4.78 is 23.5. The first-order valence-electron chi connectivity index (χ1n) is 4.87. The second-order valence-corrected chi connectivity index (χ2v) is 6.99. The molecular formula is C11H13NO2S2. The number of sulfone groups is 1. The van der Waals surface area contributed by atoms with Crippen LogP contribution in [0.15, 0.2) is 29.6 Å². The molecule has 0 amide bonds. The molecule has 0 bridgehead atoms. The van der Waals surface area contributed by atoms with Crippen LogP contribution < -0.4 is 5.73 Å². The van der Waals surface area contributed by atoms with E-state index in [4.69, 9.17) is 5.73 Å². The van der Waals surface area contributed by atoms with Crippen molar-refractivity contribution in [2.45, 2.75) is 6.04 Å². The Labute approximate surface area is 98.8 Å². The molecule has 0 spiro atoms. The van der Waals surface area contributed by atoms with Crippen molar-refractivity contribution in [2.75, 3.05) is 12.0 Å². The van der Waals surface area contributed by atoms with Crippen LogP contribution in [-0.2, 0) is 9.84 Å². The monoisotopic (exact) mass is 255 g/mol. The van der Waals surface area contributed by atoms with E-state index in [9.17, 15) is 8.42 Å². The molecule has 0 saturated heterocycles. The molecule has 0 fully saturated rings. The summed E-state index contributed by atoms with van der Waals surface area (Å²) in [5, 5.41) is 3.10. The van der Waals surface area contributed by atoms with E-state index in [1.165, 1.54) is 6.26 Å². The third-order valence-electron chi connectivity index (χ3n) is 2.39. The van der Waals surface area contributed by atoms with Gasteiger partial charge in [-0.3, -0.25) is 0 Å². The Balaban J connectivity index is 2.43. The van der Waals surface area contributed by atoms with Gasteiger partial charge in [-0.15, -0.1) is 11.3 Å². The molecule has 1 atom stereocenters. The van der Waals surface area contributed by atoms with Gasteiger partial charge >= 0.3 is 0 Å². The van der Waals surface area contributed by atoms with Crippen LogP contribution in [0.2, 0.25) is 0 Å². The number of hydrogen-bond acceptors (Lipinski definition) is 4. The second kappa shape index (κ2) is 4.16. The van der Waals surface area contributed by atoms with Crippen LogP contribution in [-0.4, -0.2) is 20.4 Å². The molecule has 2 rings (SSSR count). The number of rotatable bonds is 3. The first kappa shape index (κ1) is 11.6. The summed E-state index contributed by atoms with van der Waals surface area (Å²) in [5.74, 6) is -0.00991. The molecule has 1 unspecified atom stereocenters. The summed E-state index contributed by atoms with van der Waals surface area (Å²) in [4.78, 5) is 0. The average molecular weight is 255 g/mol. The predicted molar refractivity (Wildman–Crippen MR) is 68.5 cm³/mol. The highest BCUT2D eigenvalue weighted by molar-refractivity contribution is 7.90. The highest BCUT2D eigenvalue weighted by Crippen LogP contribution is 2.28. The van der Waals surface area contributed by atoms with Crippen LogP contribution in [0.5, 0.6) is 0 Å². The molecule has 5 heteroatoms. The quantitative estimate of drug-likeness (QED) is 0.912. The van der Waals surface area contributed by atoms with E-state index in [0.29, 0.717) is 0 Å². The first-order valence-corrected chi connectivity index (χ1v) is 7.81. The molecule has 0 aliphatic heterocycles. The largest absolute Gasteiger partial charge is 0.323 e. The number of hydrogen-bond donors (Lipinski definition) is 1. The molecule has 1 aromatic heterocycles. The lowest BCUT2D eigenvalue weighted by molar-refractivity contribution is 0.595. The fraction of sp³-hybridized carbons (Fsp3) is 0.273. The van der Waals surface area contributed by atoms with E-state index in [0.717, 1.165) is 15.6 Å². The summed E-state index contributed by atoms with van der Waals surface area (Å²) in [6.45, 7) is 0. The van der Waals surface area contributed by atoms with Crippen molar-refractivity contribution in [3.8, 4) is 0 Å². The van der Waals surface area contributed by atoms with Crippen molar-refractivity contribution in [3.05, 3.63) is 35.2 Å². The molecule has 1 heterocycles. The Bertz CT molecular complexity index is 601. The Kier molecular flexibility index (Phi) is 3.01. The van der Waals surface area contributed by atoms with Gasteiger partial charge in [0, 0.05) is 17.0 Å². The van der Waals surface area contributed by atoms with E-state index >= 15 is 0 Å². The normalized spacial score (nSPS) is 14.1. The van der Waals surface area contributed by atoms with Gasteiger partial charge in [0.1, 0.15) is 9.84 Å². The van der Waals surface area contributed by atoms with Gasteiger partial charge in [-0.25, -0.2) is 8.42 Å². The zero-order valence-corrected chi connectivity index (χ0v) is 10.5. The number of fused-ring (bicyclic) bond motifs is 1. The highest BCUT2D eigenvalue weighted by atomic mass is 32.2. The lowest BCUT2D eigenvalue weighted by Crippen LogP contribution is -2.20. The summed E-state index contributed by atoms with van der Waals surface area (Å²) in [6.07, 6.45) is 1.21. The molecule has 2 aromatic rings. The highest BCUT2D eigenvalue weighted by Gasteiger charge is 2.15. The molecule has 1 aromatic carbocycles. The topological polar surface area (TPSA) is 60.2 Å². The number of nitrogens with two attached hydrogens (primary N) is 1. The lowest BCUT2D eigenvalue weighted by atomic mass is 10.1. The molecule has 86 valence electrons. The SMILES string of the molecule is CS(=O)(=O)CC(N)c1cccc2ccsc12. The van der Waals surface area contributed by atoms with E-state index in [1.54, 1.807) is 11.3 Å². The molecule has 0 aliphatic rings. The lowest BCUT2D eigenvalue weighted by Gasteiger charge is -2.11. The van der Waals surface area contributed by atoms with E-state index in [1.807, 2.05) is 29.6 Å². The van der Waals surface area contributed by atoms with Crippen LogP contribution in [0, 0.1) is 0 Å². The summed E-state index contributed by atoms with van der Waals surface area (Å²) >= 11 is 1.59. The van der Waals surface area contributed by atoms with Gasteiger partial charge < -0.3 is 5.73 Å². The number of thiophene rings is 1. The van der Waals surface area contributed by atoms with Crippen molar-refractivity contribution in [1.29, 1.82) is 0 Å². The molecule has 0 saturated carbocycles. The van der Waals surface area contributed by atoms with E-state index < -0.39 is 15.9 Å². The smallest absolute Gasteiger partial charge is 0.149 e. The standard InChI is InChI=1S/C11H13NO2S2/c1-16(13,14)7-10(12)9-4-2-3-8-5-6-15-11(8)9/h2-6,10H,7,12H2,1H3. The van der Waals surface area contributed by atoms with Crippen molar-refractivity contribution in [2.24, 2.45) is 5.73 Å². The first-order chi connectivity index (χ1) is 7.47. The predicted octanol–water partition coefficient (Wildman–Crippen LogP) is 1.95. The van der Waals surface area contributed by atoms with Gasteiger partial charge in [0.2, 0.25) is 0 Å². The Hall–Kier alpha value is -0.910. The second-order valence-electron chi connectivity index (χ2n) is 3.89. The fourth-order valence-electron chi connectivity index (χ4n) is 1.72. The summed E-state index contributed by atoms with van der Waals surface area (Å²) in [5.41, 5.74) is 6.85. The summed E-state index contributed by atoms with van der Waals surface area (Å²) in [6, 6.07) is 7.37. The molecular weight excluding hydrogens is 242 g/mol. The molecule has 3 nitrogen and oxygen atoms in total. The maximum Gasteiger partial charge on any atom is 0.149 e. The van der Waals surface area contributed by atoms with Crippen molar-refractivity contribution in [1.82, 2.24) is 0 Å². The minimum absolute atomic E-state index is 0.00991. The molecule has 2 N–H and O–H groups in total. The molecule has 0 aliphatic carbocycles. The number of benzene rings is 1. The average Bonchev–Trinajstić information content (AvgIpc) is 2.61. The van der Waals surface area contributed by atoms with Crippen LogP contribution >= 0.6 is 11.3 Å². The molecule has 0 radical (unpaired) electrons. The zero-order chi connectivity index (χ0) is 11.8. The Morgan fingerprint density at radius 1 is 1.38 bits per heavy atom. The van der Waals surface area contributed by atoms with Crippen LogP contribution in [0.1, 0.15) is 11.6 Å². The van der Waals surface area contributed by atoms with Crippen LogP contribution in [0.3, 0.4) is 0 Å². The van der Waals surface area contributed by atoms with E-state index in [2.05, 4.69) is 0 Å². The van der Waals surface area contributed by atoms with Gasteiger partial charge in [0.25, 0.3) is 0 Å². The van der Waals surface area contributed by atoms with E-state index in [-0.39, 0.29) is 5.75 Å². The third kappa shape index (κ3) is 2.42. The van der Waals surface area contributed by atoms with Crippen LogP contribution in [0.25, 0.3) is 10.1 Å². The van der Waals surface area contributed by atoms with Gasteiger partial charge in [0.05, 0.1) is 5.75 Å². The zero-order valence-electron chi connectivity index (χ0n) is 8.88. The van der Waals surface area contributed by atoms with Gasteiger partial charge in [-0.1, -0.05) is 18.2 Å². The minimum atomic E-state index is -3.04. The van der Waals surface area contributed by atoms with Gasteiger partial charge in [-0.2, -0.15) is 0 Å². The third-order valence-corrected chi connectivity index (χ3v) is 4.34. The fourth-order valence-corrected chi connectivity index (χ4v) is 3.53. The van der Waals surface area contributed by atoms with Gasteiger partial charge in [-0.05, 0) is 22.4 Å². The van der Waals surface area contributed by atoms with Crippen molar-refractivity contribution < 1.29 is 8.42 Å². The maximum atomic E-state index is 11.2. The van der Waals surface area contributed by atoms with Gasteiger partial charge in [0.15, 0.2) is 0 Å². The maximum absolute atomic E-state index is 11.2. The minimum Gasteiger partial charge on any atom is -0.323 e. The Morgan fingerprint density at radius 2 is 2.12 bits per heavy atom.